The lowest BCUT2D eigenvalue weighted by molar-refractivity contribution is -0.140. The molecule has 0 aromatic heterocycles. The van der Waals surface area contributed by atoms with Crippen molar-refractivity contribution in [1.29, 1.82) is 0 Å². The predicted octanol–water partition coefficient (Wildman–Crippen LogP) is 3.77. The standard InChI is InChI=1S/C29H34FN3O5S/c1-4-31-29(35)26(19-22-11-7-6-8-12-22)32(20-23-15-17-24(30)18-16-23)28(34)21-33(39(3,36)37)25-13-9-10-14-27(25)38-5-2/h6-18,26H,4-5,19-21H2,1-3H3,(H,31,35). The number of benzene rings is 3. The molecule has 8 nitrogen and oxygen atoms in total. The highest BCUT2D eigenvalue weighted by Gasteiger charge is 2.33. The van der Waals surface area contributed by atoms with Gasteiger partial charge in [-0.05, 0) is 49.2 Å². The van der Waals surface area contributed by atoms with Gasteiger partial charge < -0.3 is 15.0 Å². The van der Waals surface area contributed by atoms with Crippen LogP contribution in [0.5, 0.6) is 5.75 Å². The molecule has 3 rings (SSSR count). The van der Waals surface area contributed by atoms with Gasteiger partial charge in [0.25, 0.3) is 0 Å². The van der Waals surface area contributed by atoms with Crippen molar-refractivity contribution >= 4 is 27.5 Å². The van der Waals surface area contributed by atoms with Gasteiger partial charge in [0.1, 0.15) is 24.2 Å². The first-order chi connectivity index (χ1) is 18.6. The summed E-state index contributed by atoms with van der Waals surface area (Å²) >= 11 is 0. The lowest BCUT2D eigenvalue weighted by Crippen LogP contribution is -2.53. The summed E-state index contributed by atoms with van der Waals surface area (Å²) in [6, 6.07) is 20.5. The summed E-state index contributed by atoms with van der Waals surface area (Å²) < 4.78 is 46.1. The molecule has 1 N–H and O–H groups in total. The van der Waals surface area contributed by atoms with Crippen LogP contribution in [0.15, 0.2) is 78.9 Å². The zero-order valence-corrected chi connectivity index (χ0v) is 23.2. The Morgan fingerprint density at radius 1 is 0.923 bits per heavy atom. The van der Waals surface area contributed by atoms with Crippen LogP contribution in [0.25, 0.3) is 0 Å². The van der Waals surface area contributed by atoms with Crippen molar-refractivity contribution < 1.29 is 27.1 Å². The zero-order valence-electron chi connectivity index (χ0n) is 22.3. The summed E-state index contributed by atoms with van der Waals surface area (Å²) in [4.78, 5) is 28.6. The number of amides is 2. The number of carbonyl (C=O) groups excluding carboxylic acids is 2. The zero-order chi connectivity index (χ0) is 28.4. The van der Waals surface area contributed by atoms with Gasteiger partial charge >= 0.3 is 0 Å². The molecule has 0 saturated heterocycles. The summed E-state index contributed by atoms with van der Waals surface area (Å²) in [5.41, 5.74) is 1.63. The van der Waals surface area contributed by atoms with Crippen molar-refractivity contribution in [3.63, 3.8) is 0 Å². The second-order valence-electron chi connectivity index (χ2n) is 8.92. The first-order valence-corrected chi connectivity index (χ1v) is 14.5. The third-order valence-electron chi connectivity index (χ3n) is 6.00. The molecule has 1 unspecified atom stereocenters. The van der Waals surface area contributed by atoms with Crippen LogP contribution >= 0.6 is 0 Å². The Morgan fingerprint density at radius 3 is 2.18 bits per heavy atom. The predicted molar refractivity (Wildman–Crippen MR) is 149 cm³/mol. The van der Waals surface area contributed by atoms with E-state index in [1.807, 2.05) is 30.3 Å². The number of hydrogen-bond acceptors (Lipinski definition) is 5. The number of sulfonamides is 1. The average Bonchev–Trinajstić information content (AvgIpc) is 2.91. The van der Waals surface area contributed by atoms with Gasteiger partial charge in [0.05, 0.1) is 18.6 Å². The molecule has 39 heavy (non-hydrogen) atoms. The molecule has 0 heterocycles. The first kappa shape index (κ1) is 29.6. The highest BCUT2D eigenvalue weighted by Crippen LogP contribution is 2.30. The quantitative estimate of drug-likeness (QED) is 0.347. The number of carbonyl (C=O) groups is 2. The molecule has 10 heteroatoms. The van der Waals surface area contributed by atoms with Crippen molar-refractivity contribution in [2.75, 3.05) is 30.3 Å². The van der Waals surface area contributed by atoms with E-state index < -0.39 is 34.3 Å². The van der Waals surface area contributed by atoms with E-state index in [0.717, 1.165) is 16.1 Å². The number of halogens is 1. The minimum absolute atomic E-state index is 0.0293. The molecule has 3 aromatic carbocycles. The van der Waals surface area contributed by atoms with E-state index in [0.29, 0.717) is 24.5 Å². The molecule has 1 atom stereocenters. The van der Waals surface area contributed by atoms with E-state index in [2.05, 4.69) is 5.32 Å². The molecule has 3 aromatic rings. The fourth-order valence-electron chi connectivity index (χ4n) is 4.17. The summed E-state index contributed by atoms with van der Waals surface area (Å²) in [5, 5.41) is 2.79. The number of rotatable bonds is 13. The number of anilines is 1. The number of nitrogens with one attached hydrogen (secondary N) is 1. The van der Waals surface area contributed by atoms with Gasteiger partial charge in [0.15, 0.2) is 0 Å². The Kier molecular flexibility index (Phi) is 10.4. The van der Waals surface area contributed by atoms with Gasteiger partial charge in [-0.3, -0.25) is 13.9 Å². The number of likely N-dealkylation sites (N-methyl/N-ethyl adjacent to an activating group) is 1. The molecule has 208 valence electrons. The second-order valence-corrected chi connectivity index (χ2v) is 10.8. The third kappa shape index (κ3) is 8.28. The Labute approximate surface area is 229 Å². The summed E-state index contributed by atoms with van der Waals surface area (Å²) in [6.45, 7) is 3.61. The van der Waals surface area contributed by atoms with Gasteiger partial charge in [-0.1, -0.05) is 54.6 Å². The first-order valence-electron chi connectivity index (χ1n) is 12.7. The maximum atomic E-state index is 14.0. The van der Waals surface area contributed by atoms with Gasteiger partial charge in [0.2, 0.25) is 21.8 Å². The second kappa shape index (κ2) is 13.7. The summed E-state index contributed by atoms with van der Waals surface area (Å²) in [5.74, 6) is -1.09. The van der Waals surface area contributed by atoms with E-state index in [-0.39, 0.29) is 24.6 Å². The van der Waals surface area contributed by atoms with E-state index in [1.54, 1.807) is 38.1 Å². The van der Waals surface area contributed by atoms with Gasteiger partial charge in [0, 0.05) is 19.5 Å². The number of ether oxygens (including phenoxy) is 1. The molecule has 0 saturated carbocycles. The van der Waals surface area contributed by atoms with E-state index in [4.69, 9.17) is 4.74 Å². The van der Waals surface area contributed by atoms with E-state index in [1.165, 1.54) is 29.2 Å². The molecule has 0 radical (unpaired) electrons. The number of nitrogens with zero attached hydrogens (tertiary/aromatic N) is 2. The van der Waals surface area contributed by atoms with Gasteiger partial charge in [-0.15, -0.1) is 0 Å². The van der Waals surface area contributed by atoms with Crippen LogP contribution in [0.3, 0.4) is 0 Å². The van der Waals surface area contributed by atoms with Gasteiger partial charge in [-0.2, -0.15) is 0 Å². The molecule has 2 amide bonds. The maximum Gasteiger partial charge on any atom is 0.244 e. The highest BCUT2D eigenvalue weighted by atomic mass is 32.2. The van der Waals surface area contributed by atoms with Crippen molar-refractivity contribution in [2.45, 2.75) is 32.9 Å². The van der Waals surface area contributed by atoms with Crippen molar-refractivity contribution in [3.8, 4) is 5.75 Å². The fourth-order valence-corrected chi connectivity index (χ4v) is 5.02. The Morgan fingerprint density at radius 2 is 1.56 bits per heavy atom. The minimum Gasteiger partial charge on any atom is -0.492 e. The summed E-state index contributed by atoms with van der Waals surface area (Å²) in [7, 11) is -3.93. The van der Waals surface area contributed by atoms with Crippen LogP contribution in [0.2, 0.25) is 0 Å². The number of hydrogen-bond donors (Lipinski definition) is 1. The maximum absolute atomic E-state index is 14.0. The van der Waals surface area contributed by atoms with E-state index in [9.17, 15) is 22.4 Å². The lowest BCUT2D eigenvalue weighted by atomic mass is 10.0. The molecule has 0 aliphatic heterocycles. The van der Waals surface area contributed by atoms with Crippen molar-refractivity contribution in [2.24, 2.45) is 0 Å². The van der Waals surface area contributed by atoms with Crippen molar-refractivity contribution in [1.82, 2.24) is 10.2 Å². The smallest absolute Gasteiger partial charge is 0.244 e. The van der Waals surface area contributed by atoms with Crippen LogP contribution in [0.4, 0.5) is 10.1 Å². The molecule has 0 aliphatic rings. The molecule has 0 fully saturated rings. The summed E-state index contributed by atoms with van der Waals surface area (Å²) in [6.07, 6.45) is 1.21. The minimum atomic E-state index is -3.93. The average molecular weight is 556 g/mol. The van der Waals surface area contributed by atoms with Crippen LogP contribution in [0.1, 0.15) is 25.0 Å². The molecular formula is C29H34FN3O5S. The fraction of sp³-hybridized carbons (Fsp3) is 0.310. The number of para-hydroxylation sites is 2. The lowest BCUT2D eigenvalue weighted by Gasteiger charge is -2.33. The third-order valence-corrected chi connectivity index (χ3v) is 7.13. The van der Waals surface area contributed by atoms with Crippen LogP contribution in [0, 0.1) is 5.82 Å². The Bertz CT molecular complexity index is 1350. The van der Waals surface area contributed by atoms with Crippen LogP contribution in [-0.2, 0) is 32.6 Å². The van der Waals surface area contributed by atoms with E-state index >= 15 is 0 Å². The van der Waals surface area contributed by atoms with Gasteiger partial charge in [-0.25, -0.2) is 12.8 Å². The van der Waals surface area contributed by atoms with Crippen LogP contribution in [-0.4, -0.2) is 57.1 Å². The monoisotopic (exact) mass is 555 g/mol. The van der Waals surface area contributed by atoms with Crippen LogP contribution < -0.4 is 14.4 Å². The Balaban J connectivity index is 2.05. The normalized spacial score (nSPS) is 11.9. The largest absolute Gasteiger partial charge is 0.492 e. The SMILES string of the molecule is CCNC(=O)C(Cc1ccccc1)N(Cc1ccc(F)cc1)C(=O)CN(c1ccccc1OCC)S(C)(=O)=O. The Hall–Kier alpha value is -3.92. The molecule has 0 aliphatic carbocycles. The topological polar surface area (TPSA) is 96.0 Å². The molecule has 0 spiro atoms. The highest BCUT2D eigenvalue weighted by molar-refractivity contribution is 7.92. The molecular weight excluding hydrogens is 521 g/mol. The molecule has 0 bridgehead atoms. The van der Waals surface area contributed by atoms with Crippen molar-refractivity contribution in [3.05, 3.63) is 95.8 Å².